The summed E-state index contributed by atoms with van der Waals surface area (Å²) >= 11 is 0. The molecule has 0 spiro atoms. The molecule has 0 radical (unpaired) electrons. The van der Waals surface area contributed by atoms with Gasteiger partial charge in [-0.3, -0.25) is 0 Å². The average Bonchev–Trinajstić information content (AvgIpc) is 2.72. The van der Waals surface area contributed by atoms with Gasteiger partial charge in [0.1, 0.15) is 5.82 Å². The van der Waals surface area contributed by atoms with Crippen LogP contribution in [0.2, 0.25) is 0 Å². The van der Waals surface area contributed by atoms with Crippen LogP contribution in [0.1, 0.15) is 19.8 Å². The molecule has 2 N–H and O–H groups in total. The lowest BCUT2D eigenvalue weighted by Gasteiger charge is -2.48. The summed E-state index contributed by atoms with van der Waals surface area (Å²) in [7, 11) is 0. The summed E-state index contributed by atoms with van der Waals surface area (Å²) in [6.45, 7) is 3.98. The van der Waals surface area contributed by atoms with E-state index in [0.717, 1.165) is 37.4 Å². The second-order valence-corrected chi connectivity index (χ2v) is 4.89. The van der Waals surface area contributed by atoms with Crippen molar-refractivity contribution in [1.82, 2.24) is 14.6 Å². The minimum Gasteiger partial charge on any atom is -0.353 e. The molecule has 0 bridgehead atoms. The molecule has 0 aromatic carbocycles. The molecule has 2 aromatic rings. The Hall–Kier alpha value is -1.62. The highest BCUT2D eigenvalue weighted by molar-refractivity contribution is 5.50. The topological polar surface area (TPSA) is 59.5 Å². The van der Waals surface area contributed by atoms with Gasteiger partial charge in [0, 0.05) is 25.4 Å². The van der Waals surface area contributed by atoms with Crippen LogP contribution in [0.3, 0.4) is 0 Å². The highest BCUT2D eigenvalue weighted by Gasteiger charge is 2.39. The highest BCUT2D eigenvalue weighted by Crippen LogP contribution is 2.27. The number of aromatic nitrogens is 3. The van der Waals surface area contributed by atoms with E-state index in [1.54, 1.807) is 10.7 Å². The van der Waals surface area contributed by atoms with Gasteiger partial charge in [0.2, 0.25) is 0 Å². The lowest BCUT2D eigenvalue weighted by molar-refractivity contribution is 0.306. The highest BCUT2D eigenvalue weighted by atomic mass is 15.3. The first-order valence-corrected chi connectivity index (χ1v) is 6.04. The normalized spacial score (nSPS) is 18.4. The van der Waals surface area contributed by atoms with Crippen LogP contribution in [-0.2, 0) is 0 Å². The quantitative estimate of drug-likeness (QED) is 0.857. The van der Waals surface area contributed by atoms with Crippen LogP contribution in [0.5, 0.6) is 0 Å². The molecule has 0 amide bonds. The van der Waals surface area contributed by atoms with E-state index in [1.165, 1.54) is 0 Å². The van der Waals surface area contributed by atoms with E-state index in [0.29, 0.717) is 0 Å². The van der Waals surface area contributed by atoms with Crippen LogP contribution in [0.4, 0.5) is 5.82 Å². The summed E-state index contributed by atoms with van der Waals surface area (Å²) in [5, 5.41) is 4.13. The zero-order valence-corrected chi connectivity index (χ0v) is 10.0. The van der Waals surface area contributed by atoms with Gasteiger partial charge in [-0.05, 0) is 12.5 Å². The number of rotatable bonds is 3. The van der Waals surface area contributed by atoms with Crippen LogP contribution in [-0.4, -0.2) is 33.2 Å². The van der Waals surface area contributed by atoms with E-state index >= 15 is 0 Å². The van der Waals surface area contributed by atoms with E-state index < -0.39 is 0 Å². The van der Waals surface area contributed by atoms with Gasteiger partial charge in [-0.2, -0.15) is 5.10 Å². The van der Waals surface area contributed by atoms with Crippen molar-refractivity contribution in [3.05, 3.63) is 24.5 Å². The second-order valence-electron chi connectivity index (χ2n) is 4.89. The van der Waals surface area contributed by atoms with Gasteiger partial charge in [-0.1, -0.05) is 13.3 Å². The van der Waals surface area contributed by atoms with Crippen LogP contribution >= 0.6 is 0 Å². The van der Waals surface area contributed by atoms with Gasteiger partial charge in [-0.25, -0.2) is 9.50 Å². The van der Waals surface area contributed by atoms with E-state index in [1.807, 2.05) is 18.3 Å². The zero-order valence-electron chi connectivity index (χ0n) is 10.0. The molecule has 3 rings (SSSR count). The maximum atomic E-state index is 6.25. The lowest BCUT2D eigenvalue weighted by Crippen LogP contribution is -2.67. The van der Waals surface area contributed by atoms with Crippen molar-refractivity contribution >= 4 is 11.5 Å². The molecule has 1 saturated heterocycles. The van der Waals surface area contributed by atoms with Crippen LogP contribution < -0.4 is 10.6 Å². The Morgan fingerprint density at radius 2 is 2.24 bits per heavy atom. The molecule has 0 unspecified atom stereocenters. The zero-order chi connectivity index (χ0) is 11.9. The Morgan fingerprint density at radius 1 is 1.41 bits per heavy atom. The monoisotopic (exact) mass is 231 g/mol. The van der Waals surface area contributed by atoms with Crippen molar-refractivity contribution in [3.63, 3.8) is 0 Å². The van der Waals surface area contributed by atoms with Crippen molar-refractivity contribution in [2.45, 2.75) is 25.3 Å². The summed E-state index contributed by atoms with van der Waals surface area (Å²) in [6, 6.07) is 3.90. The maximum Gasteiger partial charge on any atom is 0.157 e. The fourth-order valence-corrected chi connectivity index (χ4v) is 2.51. The predicted molar refractivity (Wildman–Crippen MR) is 67.0 cm³/mol. The summed E-state index contributed by atoms with van der Waals surface area (Å²) in [5.41, 5.74) is 7.12. The number of nitrogens with zero attached hydrogens (tertiary/aromatic N) is 4. The Morgan fingerprint density at radius 3 is 3.00 bits per heavy atom. The summed E-state index contributed by atoms with van der Waals surface area (Å²) in [4.78, 5) is 6.78. The largest absolute Gasteiger partial charge is 0.353 e. The third kappa shape index (κ3) is 1.76. The average molecular weight is 231 g/mol. The summed E-state index contributed by atoms with van der Waals surface area (Å²) in [6.07, 6.45) is 5.92. The fourth-order valence-electron chi connectivity index (χ4n) is 2.51. The number of nitrogens with two attached hydrogens (primary N) is 1. The molecular formula is C12H17N5. The predicted octanol–water partition coefficient (Wildman–Crippen LogP) is 1.05. The standard InChI is InChI=1S/C12H17N5/c1-2-5-12(13)8-16(9-12)10-4-7-17-11(15-10)3-6-14-17/h3-4,6-7H,2,5,8-9,13H2,1H3. The Balaban J connectivity index is 1.78. The van der Waals surface area contributed by atoms with E-state index in [-0.39, 0.29) is 5.54 Å². The minimum atomic E-state index is -0.0111. The Labute approximate surface area is 100 Å². The van der Waals surface area contributed by atoms with Crippen molar-refractivity contribution in [3.8, 4) is 0 Å². The molecule has 3 heterocycles. The van der Waals surface area contributed by atoms with Gasteiger partial charge in [0.25, 0.3) is 0 Å². The fraction of sp³-hybridized carbons (Fsp3) is 0.500. The SMILES string of the molecule is CCCC1(N)CN(c2ccn3nccc3n2)C1. The molecule has 0 aliphatic carbocycles. The third-order valence-electron chi connectivity index (χ3n) is 3.33. The maximum absolute atomic E-state index is 6.25. The molecular weight excluding hydrogens is 214 g/mol. The van der Waals surface area contributed by atoms with Crippen molar-refractivity contribution in [2.24, 2.45) is 5.73 Å². The van der Waals surface area contributed by atoms with E-state index in [2.05, 4.69) is 21.9 Å². The molecule has 0 atom stereocenters. The number of hydrogen-bond acceptors (Lipinski definition) is 4. The minimum absolute atomic E-state index is 0.0111. The first kappa shape index (κ1) is 10.5. The van der Waals surface area contributed by atoms with Crippen LogP contribution in [0.25, 0.3) is 5.65 Å². The first-order chi connectivity index (χ1) is 8.20. The van der Waals surface area contributed by atoms with E-state index in [9.17, 15) is 0 Å². The smallest absolute Gasteiger partial charge is 0.157 e. The van der Waals surface area contributed by atoms with Gasteiger partial charge >= 0.3 is 0 Å². The van der Waals surface area contributed by atoms with Crippen molar-refractivity contribution < 1.29 is 0 Å². The molecule has 1 aliphatic heterocycles. The van der Waals surface area contributed by atoms with Gasteiger partial charge < -0.3 is 10.6 Å². The lowest BCUT2D eigenvalue weighted by atomic mass is 9.86. The molecule has 1 fully saturated rings. The number of fused-ring (bicyclic) bond motifs is 1. The number of hydrogen-bond donors (Lipinski definition) is 1. The molecule has 90 valence electrons. The summed E-state index contributed by atoms with van der Waals surface area (Å²) < 4.78 is 1.77. The third-order valence-corrected chi connectivity index (χ3v) is 3.33. The van der Waals surface area contributed by atoms with Gasteiger partial charge in [0.05, 0.1) is 11.7 Å². The molecule has 1 aliphatic rings. The Kier molecular flexibility index (Phi) is 2.29. The molecule has 2 aromatic heterocycles. The molecule has 0 saturated carbocycles. The Bertz CT molecular complexity index is 526. The van der Waals surface area contributed by atoms with Crippen molar-refractivity contribution in [2.75, 3.05) is 18.0 Å². The van der Waals surface area contributed by atoms with Crippen LogP contribution in [0, 0.1) is 0 Å². The molecule has 5 heteroatoms. The van der Waals surface area contributed by atoms with Crippen molar-refractivity contribution in [1.29, 1.82) is 0 Å². The molecule has 17 heavy (non-hydrogen) atoms. The first-order valence-electron chi connectivity index (χ1n) is 6.04. The summed E-state index contributed by atoms with van der Waals surface area (Å²) in [5.74, 6) is 0.996. The van der Waals surface area contributed by atoms with Gasteiger partial charge in [0.15, 0.2) is 5.65 Å². The second kappa shape index (κ2) is 3.70. The molecule has 5 nitrogen and oxygen atoms in total. The van der Waals surface area contributed by atoms with Crippen LogP contribution in [0.15, 0.2) is 24.5 Å². The van der Waals surface area contributed by atoms with E-state index in [4.69, 9.17) is 5.73 Å². The number of anilines is 1. The van der Waals surface area contributed by atoms with Gasteiger partial charge in [-0.15, -0.1) is 0 Å².